The minimum Gasteiger partial charge on any atom is -0.367 e. The number of likely N-dealkylation sites (N-methyl/N-ethyl adjacent to an activating group) is 1. The maximum Gasteiger partial charge on any atom is 0.266 e. The van der Waals surface area contributed by atoms with E-state index in [2.05, 4.69) is 19.9 Å². The molecule has 0 saturated carbocycles. The summed E-state index contributed by atoms with van der Waals surface area (Å²) in [6, 6.07) is 3.01. The Labute approximate surface area is 151 Å². The molecule has 0 radical (unpaired) electrons. The standard InChI is InChI=1S/C16H21FN4O2S2/c1-3-21(12-4-5-18-8-12)14-7-13(17)15(6-11(14)2)25(22,23)20-16-9-24-10-19-16/h6-7,9-10,12,18,20H,3-5,8H2,1-2H3/t12-/m0/s1. The number of rotatable bonds is 6. The highest BCUT2D eigenvalue weighted by atomic mass is 32.2. The van der Waals surface area contributed by atoms with E-state index < -0.39 is 15.8 Å². The van der Waals surface area contributed by atoms with Crippen LogP contribution in [0.3, 0.4) is 0 Å². The van der Waals surface area contributed by atoms with Crippen LogP contribution in [0.4, 0.5) is 15.9 Å². The third-order valence-corrected chi connectivity index (χ3v) is 6.29. The van der Waals surface area contributed by atoms with Gasteiger partial charge >= 0.3 is 0 Å². The molecule has 0 spiro atoms. The van der Waals surface area contributed by atoms with Crippen LogP contribution >= 0.6 is 11.3 Å². The van der Waals surface area contributed by atoms with Crippen molar-refractivity contribution in [3.8, 4) is 0 Å². The molecule has 25 heavy (non-hydrogen) atoms. The van der Waals surface area contributed by atoms with Crippen LogP contribution in [-0.4, -0.2) is 39.1 Å². The maximum atomic E-state index is 14.7. The van der Waals surface area contributed by atoms with Gasteiger partial charge in [-0.2, -0.15) is 0 Å². The van der Waals surface area contributed by atoms with Gasteiger partial charge in [-0.3, -0.25) is 4.72 Å². The quantitative estimate of drug-likeness (QED) is 0.801. The normalized spacial score (nSPS) is 17.6. The number of nitrogens with one attached hydrogen (secondary N) is 2. The SMILES string of the molecule is CCN(c1cc(F)c(S(=O)(=O)Nc2cscn2)cc1C)[C@H]1CCNC1. The fraction of sp³-hybridized carbons (Fsp3) is 0.438. The fourth-order valence-electron chi connectivity index (χ4n) is 3.15. The average Bonchev–Trinajstić information content (AvgIpc) is 3.24. The molecule has 1 aromatic heterocycles. The summed E-state index contributed by atoms with van der Waals surface area (Å²) >= 11 is 1.26. The van der Waals surface area contributed by atoms with Crippen LogP contribution in [0.15, 0.2) is 27.9 Å². The molecule has 0 aliphatic carbocycles. The molecular weight excluding hydrogens is 363 g/mol. The molecule has 2 heterocycles. The smallest absolute Gasteiger partial charge is 0.266 e. The third-order valence-electron chi connectivity index (χ3n) is 4.34. The molecule has 1 saturated heterocycles. The summed E-state index contributed by atoms with van der Waals surface area (Å²) in [6.45, 7) is 6.34. The first-order valence-corrected chi connectivity index (χ1v) is 10.5. The van der Waals surface area contributed by atoms with E-state index in [1.165, 1.54) is 29.0 Å². The molecule has 1 fully saturated rings. The van der Waals surface area contributed by atoms with Crippen LogP contribution in [0.1, 0.15) is 18.9 Å². The molecule has 9 heteroatoms. The van der Waals surface area contributed by atoms with E-state index in [0.717, 1.165) is 37.3 Å². The molecule has 1 aliphatic rings. The maximum absolute atomic E-state index is 14.7. The van der Waals surface area contributed by atoms with Crippen molar-refractivity contribution in [3.05, 3.63) is 34.4 Å². The number of halogens is 1. The van der Waals surface area contributed by atoms with E-state index in [1.807, 2.05) is 13.8 Å². The van der Waals surface area contributed by atoms with Crippen molar-refractivity contribution in [1.29, 1.82) is 0 Å². The van der Waals surface area contributed by atoms with Crippen LogP contribution in [0.2, 0.25) is 0 Å². The fourth-order valence-corrected chi connectivity index (χ4v) is 4.85. The summed E-state index contributed by atoms with van der Waals surface area (Å²) in [5, 5.41) is 4.86. The number of anilines is 2. The predicted octanol–water partition coefficient (Wildman–Crippen LogP) is 2.58. The Kier molecular flexibility index (Phi) is 5.26. The Morgan fingerprint density at radius 3 is 2.88 bits per heavy atom. The summed E-state index contributed by atoms with van der Waals surface area (Å²) < 4.78 is 41.9. The van der Waals surface area contributed by atoms with E-state index in [0.29, 0.717) is 6.04 Å². The largest absolute Gasteiger partial charge is 0.367 e. The minimum absolute atomic E-state index is 0.193. The van der Waals surface area contributed by atoms with Crippen LogP contribution < -0.4 is 14.9 Å². The zero-order chi connectivity index (χ0) is 18.0. The van der Waals surface area contributed by atoms with Crippen LogP contribution in [-0.2, 0) is 10.0 Å². The molecule has 2 aromatic rings. The first kappa shape index (κ1) is 18.1. The number of thiazole rings is 1. The molecule has 1 aliphatic heterocycles. The lowest BCUT2D eigenvalue weighted by Crippen LogP contribution is -2.37. The number of aryl methyl sites for hydroxylation is 1. The van der Waals surface area contributed by atoms with Crippen molar-refractivity contribution in [2.24, 2.45) is 0 Å². The Morgan fingerprint density at radius 2 is 2.28 bits per heavy atom. The van der Waals surface area contributed by atoms with Gasteiger partial charge in [0.05, 0.1) is 5.51 Å². The minimum atomic E-state index is -4.02. The summed E-state index contributed by atoms with van der Waals surface area (Å²) in [4.78, 5) is 5.65. The zero-order valence-electron chi connectivity index (χ0n) is 14.1. The van der Waals surface area contributed by atoms with Crippen LogP contribution in [0, 0.1) is 12.7 Å². The van der Waals surface area contributed by atoms with Crippen molar-refractivity contribution in [3.63, 3.8) is 0 Å². The van der Waals surface area contributed by atoms with Crippen molar-refractivity contribution in [1.82, 2.24) is 10.3 Å². The van der Waals surface area contributed by atoms with Gasteiger partial charge in [-0.15, -0.1) is 11.3 Å². The number of aromatic nitrogens is 1. The number of hydrogen-bond donors (Lipinski definition) is 2. The lowest BCUT2D eigenvalue weighted by Gasteiger charge is -2.31. The summed E-state index contributed by atoms with van der Waals surface area (Å²) in [5.41, 5.74) is 2.98. The Hall–Kier alpha value is -1.71. The molecule has 136 valence electrons. The monoisotopic (exact) mass is 384 g/mol. The van der Waals surface area contributed by atoms with Crippen molar-refractivity contribution >= 4 is 32.9 Å². The van der Waals surface area contributed by atoms with Gasteiger partial charge in [-0.1, -0.05) is 0 Å². The first-order valence-electron chi connectivity index (χ1n) is 8.11. The predicted molar refractivity (Wildman–Crippen MR) is 98.4 cm³/mol. The van der Waals surface area contributed by atoms with E-state index in [-0.39, 0.29) is 10.7 Å². The van der Waals surface area contributed by atoms with Crippen molar-refractivity contribution < 1.29 is 12.8 Å². The Morgan fingerprint density at radius 1 is 1.48 bits per heavy atom. The highest BCUT2D eigenvalue weighted by Gasteiger charge is 2.26. The van der Waals surface area contributed by atoms with Gasteiger partial charge in [-0.25, -0.2) is 17.8 Å². The molecule has 1 aromatic carbocycles. The van der Waals surface area contributed by atoms with Crippen molar-refractivity contribution in [2.75, 3.05) is 29.3 Å². The zero-order valence-corrected chi connectivity index (χ0v) is 15.8. The molecule has 0 bridgehead atoms. The lowest BCUT2D eigenvalue weighted by molar-refractivity contribution is 0.567. The van der Waals surface area contributed by atoms with E-state index >= 15 is 0 Å². The van der Waals surface area contributed by atoms with Gasteiger partial charge in [0.2, 0.25) is 0 Å². The molecule has 0 unspecified atom stereocenters. The number of hydrogen-bond acceptors (Lipinski definition) is 6. The van der Waals surface area contributed by atoms with Crippen LogP contribution in [0.5, 0.6) is 0 Å². The molecule has 1 atom stereocenters. The molecule has 2 N–H and O–H groups in total. The first-order chi connectivity index (χ1) is 11.9. The third kappa shape index (κ3) is 3.78. The van der Waals surface area contributed by atoms with E-state index in [9.17, 15) is 12.8 Å². The van der Waals surface area contributed by atoms with E-state index in [1.54, 1.807) is 5.38 Å². The molecular formula is C16H21FN4O2S2. The van der Waals surface area contributed by atoms with E-state index in [4.69, 9.17) is 0 Å². The van der Waals surface area contributed by atoms with Gasteiger partial charge < -0.3 is 10.2 Å². The van der Waals surface area contributed by atoms with Gasteiger partial charge in [0, 0.05) is 30.2 Å². The summed E-state index contributed by atoms with van der Waals surface area (Å²) in [6.07, 6.45) is 0.986. The average molecular weight is 385 g/mol. The van der Waals surface area contributed by atoms with Gasteiger partial charge in [0.1, 0.15) is 10.7 Å². The summed E-state index contributed by atoms with van der Waals surface area (Å²) in [5.74, 6) is -0.564. The molecule has 6 nitrogen and oxygen atoms in total. The Bertz CT molecular complexity index is 834. The second kappa shape index (κ2) is 7.27. The Balaban J connectivity index is 1.94. The van der Waals surface area contributed by atoms with Gasteiger partial charge in [0.15, 0.2) is 5.82 Å². The highest BCUT2D eigenvalue weighted by molar-refractivity contribution is 7.92. The number of nitrogens with zero attached hydrogens (tertiary/aromatic N) is 2. The molecule has 0 amide bonds. The second-order valence-corrected chi connectivity index (χ2v) is 8.35. The second-order valence-electron chi connectivity index (χ2n) is 5.98. The number of benzene rings is 1. The number of sulfonamides is 1. The lowest BCUT2D eigenvalue weighted by atomic mass is 10.1. The van der Waals surface area contributed by atoms with Gasteiger partial charge in [0.25, 0.3) is 10.0 Å². The van der Waals surface area contributed by atoms with Crippen molar-refractivity contribution in [2.45, 2.75) is 31.2 Å². The highest BCUT2D eigenvalue weighted by Crippen LogP contribution is 2.29. The molecule has 3 rings (SSSR count). The van der Waals surface area contributed by atoms with Gasteiger partial charge in [-0.05, 0) is 44.5 Å². The van der Waals surface area contributed by atoms with Crippen LogP contribution in [0.25, 0.3) is 0 Å². The topological polar surface area (TPSA) is 74.3 Å². The summed E-state index contributed by atoms with van der Waals surface area (Å²) in [7, 11) is -4.02.